The number of carboxylic acid groups (broad SMARTS) is 1. The number of carbonyl (C=O) groups is 3. The molecule has 160 valence electrons. The minimum atomic E-state index is -1.00. The molecule has 6 heteroatoms. The number of hydrogen-bond donors (Lipinski definition) is 1. The summed E-state index contributed by atoms with van der Waals surface area (Å²) in [6.45, 7) is 4.59. The van der Waals surface area contributed by atoms with Crippen molar-refractivity contribution in [1.82, 2.24) is 0 Å². The van der Waals surface area contributed by atoms with Crippen LogP contribution in [0.3, 0.4) is 0 Å². The maximum atomic E-state index is 12.9. The number of rotatable bonds is 12. The Morgan fingerprint density at radius 2 is 1.63 bits per heavy atom. The van der Waals surface area contributed by atoms with Gasteiger partial charge in [-0.2, -0.15) is 0 Å². The fourth-order valence-electron chi connectivity index (χ4n) is 3.04. The van der Waals surface area contributed by atoms with Crippen LogP contribution in [0.5, 0.6) is 5.75 Å². The number of carbonyl (C=O) groups excluding carboxylic acids is 2. The molecule has 2 aromatic carbocycles. The Bertz CT molecular complexity index is 887. The van der Waals surface area contributed by atoms with E-state index in [1.165, 1.54) is 6.07 Å². The van der Waals surface area contributed by atoms with Gasteiger partial charge in [0.25, 0.3) is 0 Å². The first kappa shape index (κ1) is 23.1. The van der Waals surface area contributed by atoms with Crippen LogP contribution in [0.1, 0.15) is 71.4 Å². The number of unbranched alkanes of at least 4 members (excludes halogenated alkanes) is 3. The lowest BCUT2D eigenvalue weighted by atomic mass is 9.98. The fourth-order valence-corrected chi connectivity index (χ4v) is 3.04. The molecule has 0 amide bonds. The molecule has 0 saturated heterocycles. The third kappa shape index (κ3) is 6.72. The highest BCUT2D eigenvalue weighted by Crippen LogP contribution is 2.23. The Morgan fingerprint density at radius 3 is 2.33 bits per heavy atom. The van der Waals surface area contributed by atoms with Gasteiger partial charge in [0, 0.05) is 16.7 Å². The molecule has 0 bridgehead atoms. The molecule has 0 unspecified atom stereocenters. The van der Waals surface area contributed by atoms with E-state index >= 15 is 0 Å². The van der Waals surface area contributed by atoms with Gasteiger partial charge in [-0.15, -0.1) is 0 Å². The minimum Gasteiger partial charge on any atom is -0.493 e. The highest BCUT2D eigenvalue weighted by molar-refractivity contribution is 6.10. The Kier molecular flexibility index (Phi) is 9.06. The van der Waals surface area contributed by atoms with Gasteiger partial charge >= 0.3 is 11.9 Å². The van der Waals surface area contributed by atoms with Crippen molar-refractivity contribution in [1.29, 1.82) is 0 Å². The van der Waals surface area contributed by atoms with Gasteiger partial charge < -0.3 is 14.6 Å². The zero-order chi connectivity index (χ0) is 21.9. The van der Waals surface area contributed by atoms with E-state index in [-0.39, 0.29) is 18.8 Å². The van der Waals surface area contributed by atoms with Gasteiger partial charge in [0.1, 0.15) is 5.75 Å². The van der Waals surface area contributed by atoms with Crippen molar-refractivity contribution in [3.05, 3.63) is 64.7 Å². The average molecular weight is 412 g/mol. The lowest BCUT2D eigenvalue weighted by molar-refractivity contribution is -0.136. The topological polar surface area (TPSA) is 89.9 Å². The van der Waals surface area contributed by atoms with Crippen molar-refractivity contribution in [3.8, 4) is 5.75 Å². The first-order valence-electron chi connectivity index (χ1n) is 10.3. The number of esters is 1. The quantitative estimate of drug-likeness (QED) is 0.309. The molecule has 0 aliphatic heterocycles. The average Bonchev–Trinajstić information content (AvgIpc) is 2.73. The zero-order valence-corrected chi connectivity index (χ0v) is 17.5. The van der Waals surface area contributed by atoms with Crippen molar-refractivity contribution in [2.45, 2.75) is 46.0 Å². The van der Waals surface area contributed by atoms with Gasteiger partial charge in [0.15, 0.2) is 5.78 Å². The van der Waals surface area contributed by atoms with E-state index in [1.54, 1.807) is 43.3 Å². The van der Waals surface area contributed by atoms with Crippen LogP contribution in [-0.4, -0.2) is 36.0 Å². The van der Waals surface area contributed by atoms with Crippen LogP contribution < -0.4 is 4.74 Å². The highest BCUT2D eigenvalue weighted by atomic mass is 16.5. The van der Waals surface area contributed by atoms with E-state index in [4.69, 9.17) is 9.47 Å². The molecule has 0 radical (unpaired) electrons. The molecule has 30 heavy (non-hydrogen) atoms. The van der Waals surface area contributed by atoms with E-state index in [9.17, 15) is 19.5 Å². The molecule has 0 spiro atoms. The molecule has 6 nitrogen and oxygen atoms in total. The molecule has 0 heterocycles. The predicted molar refractivity (Wildman–Crippen MR) is 113 cm³/mol. The molecule has 0 aliphatic rings. The van der Waals surface area contributed by atoms with Gasteiger partial charge in [-0.05, 0) is 43.7 Å². The molecule has 0 aliphatic carbocycles. The highest BCUT2D eigenvalue weighted by Gasteiger charge is 2.16. The third-order valence-corrected chi connectivity index (χ3v) is 4.56. The summed E-state index contributed by atoms with van der Waals surface area (Å²) in [6.07, 6.45) is 3.95. The monoisotopic (exact) mass is 412 g/mol. The second-order valence-corrected chi connectivity index (χ2v) is 6.93. The van der Waals surface area contributed by atoms with Gasteiger partial charge in [-0.1, -0.05) is 38.3 Å². The molecular formula is C24H28O6. The third-order valence-electron chi connectivity index (χ3n) is 4.56. The normalized spacial score (nSPS) is 10.5. The Labute approximate surface area is 176 Å². The number of benzene rings is 2. The fraction of sp³-hybridized carbons (Fsp3) is 0.375. The summed E-state index contributed by atoms with van der Waals surface area (Å²) >= 11 is 0. The van der Waals surface area contributed by atoms with Crippen LogP contribution in [0.2, 0.25) is 0 Å². The molecule has 1 N–H and O–H groups in total. The van der Waals surface area contributed by atoms with Gasteiger partial charge in [-0.25, -0.2) is 4.79 Å². The predicted octanol–water partition coefficient (Wildman–Crippen LogP) is 4.68. The van der Waals surface area contributed by atoms with Crippen LogP contribution in [0.15, 0.2) is 42.5 Å². The molecule has 0 fully saturated rings. The van der Waals surface area contributed by atoms with Crippen LogP contribution in [0.25, 0.3) is 0 Å². The van der Waals surface area contributed by atoms with Crippen LogP contribution in [0, 0.1) is 0 Å². The largest absolute Gasteiger partial charge is 0.493 e. The van der Waals surface area contributed by atoms with E-state index in [0.29, 0.717) is 34.6 Å². The number of carboxylic acids is 1. The summed E-state index contributed by atoms with van der Waals surface area (Å²) in [5, 5.41) is 9.24. The molecule has 2 aromatic rings. The summed E-state index contributed by atoms with van der Waals surface area (Å²) in [5.41, 5.74) is 1.41. The smallest absolute Gasteiger partial charge is 0.338 e. The zero-order valence-electron chi connectivity index (χ0n) is 17.5. The number of ketones is 1. The van der Waals surface area contributed by atoms with Crippen molar-refractivity contribution >= 4 is 17.7 Å². The standard InChI is InChI=1S/C24H28O6/c1-3-5-6-7-13-30-21-12-11-18(15-20(21)16-22(25)26)23(27)17-9-8-10-19(14-17)24(28)29-4-2/h8-12,14-15H,3-7,13,16H2,1-2H3,(H,25,26). The van der Waals surface area contributed by atoms with E-state index < -0.39 is 11.9 Å². The molecule has 2 rings (SSSR count). The Morgan fingerprint density at radius 1 is 0.900 bits per heavy atom. The second kappa shape index (κ2) is 11.8. The molecule has 0 saturated carbocycles. The van der Waals surface area contributed by atoms with Crippen molar-refractivity contribution in [3.63, 3.8) is 0 Å². The van der Waals surface area contributed by atoms with E-state index in [2.05, 4.69) is 6.92 Å². The van der Waals surface area contributed by atoms with Gasteiger partial charge in [0.05, 0.1) is 25.2 Å². The van der Waals surface area contributed by atoms with Crippen molar-refractivity contribution < 1.29 is 29.0 Å². The lowest BCUT2D eigenvalue weighted by Gasteiger charge is -2.12. The SMILES string of the molecule is CCCCCCOc1ccc(C(=O)c2cccc(C(=O)OCC)c2)cc1CC(=O)O. The minimum absolute atomic E-state index is 0.242. The van der Waals surface area contributed by atoms with E-state index in [0.717, 1.165) is 25.7 Å². The Balaban J connectivity index is 2.22. The molecule has 0 atom stereocenters. The maximum absolute atomic E-state index is 12.9. The molecule has 0 aromatic heterocycles. The number of aliphatic carboxylic acids is 1. The lowest BCUT2D eigenvalue weighted by Crippen LogP contribution is -2.09. The summed E-state index contributed by atoms with van der Waals surface area (Å²) in [6, 6.07) is 11.1. The van der Waals surface area contributed by atoms with Gasteiger partial charge in [0.2, 0.25) is 0 Å². The second-order valence-electron chi connectivity index (χ2n) is 6.93. The van der Waals surface area contributed by atoms with Crippen LogP contribution in [0.4, 0.5) is 0 Å². The van der Waals surface area contributed by atoms with Crippen LogP contribution >= 0.6 is 0 Å². The summed E-state index contributed by atoms with van der Waals surface area (Å²) in [5.74, 6) is -1.32. The van der Waals surface area contributed by atoms with Crippen LogP contribution in [-0.2, 0) is 16.0 Å². The summed E-state index contributed by atoms with van der Waals surface area (Å²) < 4.78 is 10.7. The van der Waals surface area contributed by atoms with Crippen molar-refractivity contribution in [2.24, 2.45) is 0 Å². The van der Waals surface area contributed by atoms with E-state index in [1.807, 2.05) is 0 Å². The van der Waals surface area contributed by atoms with Gasteiger partial charge in [-0.3, -0.25) is 9.59 Å². The summed E-state index contributed by atoms with van der Waals surface area (Å²) in [7, 11) is 0. The first-order chi connectivity index (χ1) is 14.5. The molecular weight excluding hydrogens is 384 g/mol. The Hall–Kier alpha value is -3.15. The number of hydrogen-bond acceptors (Lipinski definition) is 5. The van der Waals surface area contributed by atoms with Crippen molar-refractivity contribution in [2.75, 3.05) is 13.2 Å². The maximum Gasteiger partial charge on any atom is 0.338 e. The summed E-state index contributed by atoms with van der Waals surface area (Å²) in [4.78, 5) is 36.1. The first-order valence-corrected chi connectivity index (χ1v) is 10.3. The number of ether oxygens (including phenoxy) is 2.